The standard InChI is InChI=1S/C22H19FN2O4/c23-16-7-5-14(6-8-16)20(27)15-9-11-24(12-10-15)19(26)13-25-21(28)17-3-1-2-4-18(17)22(25)29/h1-8,15H,9-13H2. The van der Waals surface area contributed by atoms with E-state index in [1.807, 2.05) is 0 Å². The Kier molecular flexibility index (Phi) is 4.96. The summed E-state index contributed by atoms with van der Waals surface area (Å²) in [6, 6.07) is 12.0. The van der Waals surface area contributed by atoms with Gasteiger partial charge in [-0.05, 0) is 49.2 Å². The molecule has 29 heavy (non-hydrogen) atoms. The molecule has 2 heterocycles. The number of Topliss-reactive ketones (excluding diaryl/α,β-unsaturated/α-hetero) is 1. The summed E-state index contributed by atoms with van der Waals surface area (Å²) in [6.45, 7) is 0.447. The number of piperidine rings is 1. The first kappa shape index (κ1) is 19.0. The summed E-state index contributed by atoms with van der Waals surface area (Å²) in [5, 5.41) is 0. The van der Waals surface area contributed by atoms with E-state index in [0.717, 1.165) is 4.90 Å². The minimum Gasteiger partial charge on any atom is -0.341 e. The molecule has 0 atom stereocenters. The molecule has 2 aliphatic rings. The summed E-state index contributed by atoms with van der Waals surface area (Å²) < 4.78 is 13.0. The fourth-order valence-corrected chi connectivity index (χ4v) is 3.86. The first-order valence-electron chi connectivity index (χ1n) is 9.48. The highest BCUT2D eigenvalue weighted by Gasteiger charge is 2.37. The minimum absolute atomic E-state index is 0.0579. The molecular weight excluding hydrogens is 375 g/mol. The van der Waals surface area contributed by atoms with Crippen molar-refractivity contribution in [1.29, 1.82) is 0 Å². The highest BCUT2D eigenvalue weighted by atomic mass is 19.1. The molecule has 6 nitrogen and oxygen atoms in total. The maximum Gasteiger partial charge on any atom is 0.262 e. The lowest BCUT2D eigenvalue weighted by Gasteiger charge is -2.32. The molecule has 4 rings (SSSR count). The molecule has 2 aliphatic heterocycles. The van der Waals surface area contributed by atoms with Gasteiger partial charge in [0.15, 0.2) is 5.78 Å². The molecular formula is C22H19FN2O4. The molecule has 0 unspecified atom stereocenters. The number of fused-ring (bicyclic) bond motifs is 1. The zero-order valence-corrected chi connectivity index (χ0v) is 15.6. The Labute approximate surface area is 166 Å². The predicted molar refractivity (Wildman–Crippen MR) is 102 cm³/mol. The number of nitrogens with zero attached hydrogens (tertiary/aromatic N) is 2. The van der Waals surface area contributed by atoms with Crippen LogP contribution < -0.4 is 0 Å². The van der Waals surface area contributed by atoms with Crippen molar-refractivity contribution >= 4 is 23.5 Å². The highest BCUT2D eigenvalue weighted by molar-refractivity contribution is 6.22. The van der Waals surface area contributed by atoms with Crippen LogP contribution in [0.25, 0.3) is 0 Å². The molecule has 0 N–H and O–H groups in total. The Morgan fingerprint density at radius 2 is 1.45 bits per heavy atom. The number of carbonyl (C=O) groups is 4. The fraction of sp³-hybridized carbons (Fsp3) is 0.273. The van der Waals surface area contributed by atoms with Gasteiger partial charge in [-0.15, -0.1) is 0 Å². The Morgan fingerprint density at radius 1 is 0.897 bits per heavy atom. The van der Waals surface area contributed by atoms with Crippen LogP contribution in [0, 0.1) is 11.7 Å². The van der Waals surface area contributed by atoms with Crippen molar-refractivity contribution in [2.24, 2.45) is 5.92 Å². The van der Waals surface area contributed by atoms with Crippen molar-refractivity contribution in [3.05, 3.63) is 71.0 Å². The molecule has 0 bridgehead atoms. The van der Waals surface area contributed by atoms with E-state index >= 15 is 0 Å². The Bertz CT molecular complexity index is 959. The zero-order chi connectivity index (χ0) is 20.5. The second-order valence-corrected chi connectivity index (χ2v) is 7.27. The van der Waals surface area contributed by atoms with E-state index < -0.39 is 17.6 Å². The molecule has 2 aromatic rings. The van der Waals surface area contributed by atoms with Crippen LogP contribution in [-0.4, -0.2) is 52.9 Å². The van der Waals surface area contributed by atoms with Crippen LogP contribution >= 0.6 is 0 Å². The number of ketones is 1. The third kappa shape index (κ3) is 3.55. The van der Waals surface area contributed by atoms with Crippen LogP contribution in [0.15, 0.2) is 48.5 Å². The molecule has 2 aromatic carbocycles. The molecule has 1 saturated heterocycles. The lowest BCUT2D eigenvalue weighted by Crippen LogP contribution is -2.46. The van der Waals surface area contributed by atoms with Gasteiger partial charge >= 0.3 is 0 Å². The second kappa shape index (κ2) is 7.58. The molecule has 3 amide bonds. The third-order valence-electron chi connectivity index (χ3n) is 5.52. The van der Waals surface area contributed by atoms with E-state index in [9.17, 15) is 23.6 Å². The van der Waals surface area contributed by atoms with Crippen molar-refractivity contribution in [2.75, 3.05) is 19.6 Å². The van der Waals surface area contributed by atoms with Crippen molar-refractivity contribution < 1.29 is 23.6 Å². The molecule has 7 heteroatoms. The van der Waals surface area contributed by atoms with Gasteiger partial charge in [0.05, 0.1) is 11.1 Å². The van der Waals surface area contributed by atoms with Crippen LogP contribution in [0.1, 0.15) is 43.9 Å². The van der Waals surface area contributed by atoms with Gasteiger partial charge in [-0.25, -0.2) is 4.39 Å². The maximum atomic E-state index is 13.0. The van der Waals surface area contributed by atoms with Crippen LogP contribution in [-0.2, 0) is 4.79 Å². The van der Waals surface area contributed by atoms with Gasteiger partial charge in [0.25, 0.3) is 11.8 Å². The van der Waals surface area contributed by atoms with Crippen LogP contribution in [0.5, 0.6) is 0 Å². The number of hydrogen-bond donors (Lipinski definition) is 0. The van der Waals surface area contributed by atoms with E-state index in [1.54, 1.807) is 29.2 Å². The quantitative estimate of drug-likeness (QED) is 0.590. The van der Waals surface area contributed by atoms with E-state index in [4.69, 9.17) is 0 Å². The molecule has 0 aromatic heterocycles. The van der Waals surface area contributed by atoms with Gasteiger partial charge in [0.2, 0.25) is 5.91 Å². The number of benzene rings is 2. The summed E-state index contributed by atoms with van der Waals surface area (Å²) in [7, 11) is 0. The van der Waals surface area contributed by atoms with Crippen molar-refractivity contribution in [3.63, 3.8) is 0 Å². The average Bonchev–Trinajstić information content (AvgIpc) is 2.99. The monoisotopic (exact) mass is 394 g/mol. The van der Waals surface area contributed by atoms with Crippen molar-refractivity contribution in [2.45, 2.75) is 12.8 Å². The number of carbonyl (C=O) groups excluding carboxylic acids is 4. The van der Waals surface area contributed by atoms with Gasteiger partial charge in [0, 0.05) is 24.6 Å². The predicted octanol–water partition coefficient (Wildman–Crippen LogP) is 2.54. The molecule has 0 spiro atoms. The van der Waals surface area contributed by atoms with Gasteiger partial charge < -0.3 is 4.90 Å². The lowest BCUT2D eigenvalue weighted by molar-refractivity contribution is -0.132. The fourth-order valence-electron chi connectivity index (χ4n) is 3.86. The summed E-state index contributed by atoms with van der Waals surface area (Å²) >= 11 is 0. The topological polar surface area (TPSA) is 74.8 Å². The average molecular weight is 394 g/mol. The second-order valence-electron chi connectivity index (χ2n) is 7.27. The van der Waals surface area contributed by atoms with Crippen LogP contribution in [0.4, 0.5) is 4.39 Å². The summed E-state index contributed by atoms with van der Waals surface area (Å²) in [5.41, 5.74) is 1.09. The lowest BCUT2D eigenvalue weighted by atomic mass is 9.89. The Balaban J connectivity index is 1.35. The molecule has 148 valence electrons. The summed E-state index contributed by atoms with van der Waals surface area (Å²) in [4.78, 5) is 52.6. The number of imide groups is 1. The van der Waals surface area contributed by atoms with Gasteiger partial charge in [-0.3, -0.25) is 24.1 Å². The first-order valence-corrected chi connectivity index (χ1v) is 9.48. The van der Waals surface area contributed by atoms with E-state index in [0.29, 0.717) is 42.6 Å². The maximum absolute atomic E-state index is 13.0. The van der Waals surface area contributed by atoms with Crippen molar-refractivity contribution in [3.8, 4) is 0 Å². The van der Waals surface area contributed by atoms with Gasteiger partial charge in [-0.2, -0.15) is 0 Å². The minimum atomic E-state index is -0.458. The molecule has 0 saturated carbocycles. The van der Waals surface area contributed by atoms with Crippen LogP contribution in [0.2, 0.25) is 0 Å². The van der Waals surface area contributed by atoms with E-state index in [2.05, 4.69) is 0 Å². The summed E-state index contributed by atoms with van der Waals surface area (Å²) in [5.74, 6) is -1.91. The number of likely N-dealkylation sites (tertiary alicyclic amines) is 1. The normalized spacial score (nSPS) is 16.9. The highest BCUT2D eigenvalue weighted by Crippen LogP contribution is 2.25. The Morgan fingerprint density at radius 3 is 2.00 bits per heavy atom. The zero-order valence-electron chi connectivity index (χ0n) is 15.6. The number of amides is 3. The van der Waals surface area contributed by atoms with Gasteiger partial charge in [-0.1, -0.05) is 12.1 Å². The van der Waals surface area contributed by atoms with E-state index in [-0.39, 0.29) is 24.2 Å². The van der Waals surface area contributed by atoms with Crippen LogP contribution in [0.3, 0.4) is 0 Å². The van der Waals surface area contributed by atoms with Crippen molar-refractivity contribution in [1.82, 2.24) is 9.80 Å². The Hall–Kier alpha value is -3.35. The third-order valence-corrected chi connectivity index (χ3v) is 5.52. The smallest absolute Gasteiger partial charge is 0.262 e. The van der Waals surface area contributed by atoms with Gasteiger partial charge in [0.1, 0.15) is 12.4 Å². The first-order chi connectivity index (χ1) is 14.0. The largest absolute Gasteiger partial charge is 0.341 e. The van der Waals surface area contributed by atoms with E-state index in [1.165, 1.54) is 24.3 Å². The number of halogens is 1. The molecule has 1 fully saturated rings. The summed E-state index contributed by atoms with van der Waals surface area (Å²) in [6.07, 6.45) is 0.980. The SMILES string of the molecule is O=C(c1ccc(F)cc1)C1CCN(C(=O)CN2C(=O)c3ccccc3C2=O)CC1. The molecule has 0 aliphatic carbocycles. The number of hydrogen-bond acceptors (Lipinski definition) is 4. The molecule has 0 radical (unpaired) electrons. The number of rotatable bonds is 4.